The lowest BCUT2D eigenvalue weighted by Crippen LogP contribution is -2.45. The molecule has 0 aromatic heterocycles. The highest BCUT2D eigenvalue weighted by atomic mass is 16.5. The van der Waals surface area contributed by atoms with E-state index in [4.69, 9.17) is 9.47 Å². The van der Waals surface area contributed by atoms with Crippen molar-refractivity contribution in [3.05, 3.63) is 97.1 Å². The van der Waals surface area contributed by atoms with Gasteiger partial charge in [0.1, 0.15) is 11.5 Å². The van der Waals surface area contributed by atoms with Gasteiger partial charge in [-0.3, -0.25) is 4.90 Å². The first kappa shape index (κ1) is 21.2. The lowest BCUT2D eigenvalue weighted by Gasteiger charge is -2.35. The van der Waals surface area contributed by atoms with Crippen LogP contribution in [-0.4, -0.2) is 31.1 Å². The molecule has 1 saturated heterocycles. The van der Waals surface area contributed by atoms with Crippen molar-refractivity contribution >= 4 is 0 Å². The molecule has 0 bridgehead atoms. The molecule has 0 saturated carbocycles. The number of hydrogen-bond donors (Lipinski definition) is 1. The average Bonchev–Trinajstić information content (AvgIpc) is 2.83. The van der Waals surface area contributed by atoms with E-state index >= 15 is 0 Å². The lowest BCUT2D eigenvalue weighted by molar-refractivity contribution is 0.166. The van der Waals surface area contributed by atoms with Crippen LogP contribution in [0.3, 0.4) is 0 Å². The Morgan fingerprint density at radius 1 is 0.839 bits per heavy atom. The number of nitrogens with zero attached hydrogens (tertiary/aromatic N) is 1. The molecule has 1 aliphatic rings. The Kier molecular flexibility index (Phi) is 7.37. The van der Waals surface area contributed by atoms with Gasteiger partial charge in [-0.1, -0.05) is 48.5 Å². The molecule has 4 rings (SSSR count). The predicted molar refractivity (Wildman–Crippen MR) is 126 cm³/mol. The van der Waals surface area contributed by atoms with Crippen LogP contribution in [-0.2, 0) is 0 Å². The van der Waals surface area contributed by atoms with Gasteiger partial charge < -0.3 is 14.8 Å². The van der Waals surface area contributed by atoms with Gasteiger partial charge in [0.2, 0.25) is 0 Å². The third kappa shape index (κ3) is 5.75. The molecular formula is C27H30N2O2. The van der Waals surface area contributed by atoms with E-state index in [1.807, 2.05) is 72.8 Å². The van der Waals surface area contributed by atoms with Crippen molar-refractivity contribution < 1.29 is 9.47 Å². The maximum absolute atomic E-state index is 6.29. The number of rotatable bonds is 9. The number of allylic oxidation sites excluding steroid dienone is 1. The van der Waals surface area contributed by atoms with Crippen molar-refractivity contribution in [2.75, 3.05) is 26.2 Å². The van der Waals surface area contributed by atoms with Crippen LogP contribution >= 0.6 is 0 Å². The Hall–Kier alpha value is -3.08. The number of para-hydroxylation sites is 2. The summed E-state index contributed by atoms with van der Waals surface area (Å²) < 4.78 is 12.5. The average molecular weight is 415 g/mol. The van der Waals surface area contributed by atoms with E-state index < -0.39 is 0 Å². The van der Waals surface area contributed by atoms with Crippen molar-refractivity contribution in [3.63, 3.8) is 0 Å². The summed E-state index contributed by atoms with van der Waals surface area (Å²) in [6.07, 6.45) is 4.02. The van der Waals surface area contributed by atoms with Crippen LogP contribution in [0.2, 0.25) is 0 Å². The largest absolute Gasteiger partial charge is 0.453 e. The monoisotopic (exact) mass is 414 g/mol. The fourth-order valence-corrected chi connectivity index (χ4v) is 3.96. The molecule has 0 spiro atoms. The summed E-state index contributed by atoms with van der Waals surface area (Å²) >= 11 is 0. The van der Waals surface area contributed by atoms with Gasteiger partial charge in [0, 0.05) is 32.2 Å². The minimum atomic E-state index is 0.323. The van der Waals surface area contributed by atoms with Crippen LogP contribution in [0.15, 0.2) is 91.5 Å². The van der Waals surface area contributed by atoms with Gasteiger partial charge in [-0.05, 0) is 54.8 Å². The van der Waals surface area contributed by atoms with Crippen LogP contribution in [0.4, 0.5) is 0 Å². The van der Waals surface area contributed by atoms with Crippen LogP contribution in [0.5, 0.6) is 23.0 Å². The van der Waals surface area contributed by atoms with Crippen LogP contribution in [0.25, 0.3) is 0 Å². The maximum Gasteiger partial charge on any atom is 0.170 e. The van der Waals surface area contributed by atoms with Gasteiger partial charge in [0.05, 0.1) is 0 Å². The number of piperazine rings is 1. The molecule has 4 heteroatoms. The minimum absolute atomic E-state index is 0.323. The summed E-state index contributed by atoms with van der Waals surface area (Å²) in [6, 6.07) is 26.4. The van der Waals surface area contributed by atoms with E-state index in [1.54, 1.807) is 0 Å². The van der Waals surface area contributed by atoms with E-state index in [0.717, 1.165) is 56.3 Å². The quantitative estimate of drug-likeness (QED) is 0.424. The lowest BCUT2D eigenvalue weighted by atomic mass is 9.99. The van der Waals surface area contributed by atoms with Gasteiger partial charge in [0.25, 0.3) is 0 Å². The highest BCUT2D eigenvalue weighted by molar-refractivity contribution is 5.48. The van der Waals surface area contributed by atoms with E-state index in [0.29, 0.717) is 11.8 Å². The molecule has 1 N–H and O–H groups in total. The zero-order valence-corrected chi connectivity index (χ0v) is 17.9. The minimum Gasteiger partial charge on any atom is -0.453 e. The van der Waals surface area contributed by atoms with Crippen molar-refractivity contribution in [1.29, 1.82) is 0 Å². The standard InChI is InChI=1S/C27H30N2O2/c1-2-3-14-25(29-19-17-28-18-20-29)22-15-16-26(30-23-10-6-4-7-11-23)27(21-22)31-24-12-8-5-9-13-24/h2,4-13,15-16,21,25,28H,1,3,14,17-20H2/t25-/m1/s1. The number of hydrogen-bond acceptors (Lipinski definition) is 4. The van der Waals surface area contributed by atoms with E-state index in [9.17, 15) is 0 Å². The molecule has 0 radical (unpaired) electrons. The molecule has 160 valence electrons. The molecule has 1 heterocycles. The summed E-state index contributed by atoms with van der Waals surface area (Å²) in [5.41, 5.74) is 1.25. The zero-order valence-electron chi connectivity index (χ0n) is 17.9. The Labute approximate surface area is 185 Å². The predicted octanol–water partition coefficient (Wildman–Crippen LogP) is 6.18. The smallest absolute Gasteiger partial charge is 0.170 e. The highest BCUT2D eigenvalue weighted by Gasteiger charge is 2.23. The van der Waals surface area contributed by atoms with Gasteiger partial charge in [-0.15, -0.1) is 6.58 Å². The van der Waals surface area contributed by atoms with Crippen LogP contribution in [0.1, 0.15) is 24.4 Å². The van der Waals surface area contributed by atoms with Gasteiger partial charge >= 0.3 is 0 Å². The fourth-order valence-electron chi connectivity index (χ4n) is 3.96. The SMILES string of the molecule is C=CCC[C@H](c1ccc(Oc2ccccc2)c(Oc2ccccc2)c1)N1CCNCC1. The molecule has 0 aliphatic carbocycles. The topological polar surface area (TPSA) is 33.7 Å². The summed E-state index contributed by atoms with van der Waals surface area (Å²) in [5, 5.41) is 3.45. The molecule has 1 fully saturated rings. The molecule has 4 nitrogen and oxygen atoms in total. The second-order valence-corrected chi connectivity index (χ2v) is 7.70. The second kappa shape index (κ2) is 10.8. The van der Waals surface area contributed by atoms with Gasteiger partial charge in [-0.2, -0.15) is 0 Å². The molecule has 0 unspecified atom stereocenters. The Bertz CT molecular complexity index is 953. The highest BCUT2D eigenvalue weighted by Crippen LogP contribution is 2.38. The number of ether oxygens (including phenoxy) is 2. The maximum atomic E-state index is 6.29. The molecule has 1 atom stereocenters. The van der Waals surface area contributed by atoms with E-state index in [-0.39, 0.29) is 0 Å². The van der Waals surface area contributed by atoms with E-state index in [2.05, 4.69) is 28.9 Å². The molecule has 0 amide bonds. The Morgan fingerprint density at radius 3 is 2.06 bits per heavy atom. The normalized spacial score (nSPS) is 15.2. The summed E-state index contributed by atoms with van der Waals surface area (Å²) in [6.45, 7) is 8.05. The van der Waals surface area contributed by atoms with Gasteiger partial charge in [-0.25, -0.2) is 0 Å². The molecule has 1 aliphatic heterocycles. The van der Waals surface area contributed by atoms with Crippen molar-refractivity contribution in [3.8, 4) is 23.0 Å². The first-order chi connectivity index (χ1) is 15.3. The number of benzene rings is 3. The fraction of sp³-hybridized carbons (Fsp3) is 0.259. The second-order valence-electron chi connectivity index (χ2n) is 7.70. The van der Waals surface area contributed by atoms with E-state index in [1.165, 1.54) is 5.56 Å². The van der Waals surface area contributed by atoms with Crippen LogP contribution < -0.4 is 14.8 Å². The molecule has 3 aromatic rings. The van der Waals surface area contributed by atoms with Crippen LogP contribution in [0, 0.1) is 0 Å². The zero-order chi connectivity index (χ0) is 21.3. The van der Waals surface area contributed by atoms with Crippen molar-refractivity contribution in [1.82, 2.24) is 10.2 Å². The van der Waals surface area contributed by atoms with Crippen molar-refractivity contribution in [2.24, 2.45) is 0 Å². The first-order valence-corrected chi connectivity index (χ1v) is 11.0. The molecule has 31 heavy (non-hydrogen) atoms. The summed E-state index contributed by atoms with van der Waals surface area (Å²) in [5.74, 6) is 3.02. The first-order valence-electron chi connectivity index (χ1n) is 11.0. The Balaban J connectivity index is 1.67. The third-order valence-electron chi connectivity index (χ3n) is 5.53. The molecular weight excluding hydrogens is 384 g/mol. The summed E-state index contributed by atoms with van der Waals surface area (Å²) in [7, 11) is 0. The third-order valence-corrected chi connectivity index (χ3v) is 5.53. The summed E-state index contributed by atoms with van der Waals surface area (Å²) in [4.78, 5) is 2.55. The molecule has 3 aromatic carbocycles. The van der Waals surface area contributed by atoms with Gasteiger partial charge in [0.15, 0.2) is 11.5 Å². The Morgan fingerprint density at radius 2 is 1.45 bits per heavy atom. The van der Waals surface area contributed by atoms with Crippen molar-refractivity contribution in [2.45, 2.75) is 18.9 Å². The number of nitrogens with one attached hydrogen (secondary N) is 1.